The first-order valence-electron chi connectivity index (χ1n) is 12.8. The molecule has 2 aliphatic rings. The highest BCUT2D eigenvalue weighted by atomic mass is 16.5. The van der Waals surface area contributed by atoms with Gasteiger partial charge in [0.05, 0.1) is 37.6 Å². The van der Waals surface area contributed by atoms with Crippen molar-refractivity contribution in [2.75, 3.05) is 52.3 Å². The van der Waals surface area contributed by atoms with E-state index in [1.807, 2.05) is 60.0 Å². The largest absolute Gasteiger partial charge is 0.497 e. The van der Waals surface area contributed by atoms with E-state index in [1.165, 1.54) is 0 Å². The van der Waals surface area contributed by atoms with Crippen LogP contribution in [0.15, 0.2) is 42.9 Å². The minimum absolute atomic E-state index is 0.110. The second-order valence-electron chi connectivity index (χ2n) is 10.3. The number of carbonyl (C=O) groups excluding carboxylic acids is 2. The first kappa shape index (κ1) is 25.7. The molecule has 0 aliphatic carbocycles. The molecule has 4 heterocycles. The maximum absolute atomic E-state index is 14.0. The number of likely N-dealkylation sites (tertiary alicyclic amines) is 1. The number of aromatic nitrogens is 4. The van der Waals surface area contributed by atoms with Gasteiger partial charge >= 0.3 is 6.03 Å². The van der Waals surface area contributed by atoms with Gasteiger partial charge in [0.1, 0.15) is 5.75 Å². The average molecular weight is 519 g/mol. The number of piperidine rings is 1. The Hall–Kier alpha value is -3.99. The van der Waals surface area contributed by atoms with Gasteiger partial charge in [-0.05, 0) is 51.6 Å². The fraction of sp³-hybridized carbons (Fsp3) is 0.444. The van der Waals surface area contributed by atoms with Crippen molar-refractivity contribution < 1.29 is 14.3 Å². The highest BCUT2D eigenvalue weighted by molar-refractivity contribution is 5.94. The summed E-state index contributed by atoms with van der Waals surface area (Å²) >= 11 is 0. The Balaban J connectivity index is 1.43. The number of aromatic amines is 1. The van der Waals surface area contributed by atoms with Crippen molar-refractivity contribution in [2.45, 2.75) is 31.8 Å². The van der Waals surface area contributed by atoms with Crippen LogP contribution >= 0.6 is 0 Å². The summed E-state index contributed by atoms with van der Waals surface area (Å²) in [6.45, 7) is 4.39. The molecular formula is C27H34N8O3. The smallest absolute Gasteiger partial charge is 0.327 e. The lowest BCUT2D eigenvalue weighted by Crippen LogP contribution is -2.55. The molecule has 1 spiro atoms. The van der Waals surface area contributed by atoms with Crippen LogP contribution in [0.4, 0.5) is 10.7 Å². The van der Waals surface area contributed by atoms with Crippen molar-refractivity contribution in [3.63, 3.8) is 0 Å². The maximum Gasteiger partial charge on any atom is 0.327 e. The predicted octanol–water partition coefficient (Wildman–Crippen LogP) is 2.55. The third kappa shape index (κ3) is 4.93. The SMILES string of the molecule is COc1cccc(CN2C(=O)N(c3ncc(-c4cn[nH]c4)c(C)n3)CC23CCN(C(=O)CN(C)C)CC3)c1. The lowest BCUT2D eigenvalue weighted by molar-refractivity contribution is -0.134. The Morgan fingerprint density at radius 3 is 2.66 bits per heavy atom. The van der Waals surface area contributed by atoms with Crippen LogP contribution < -0.4 is 9.64 Å². The van der Waals surface area contributed by atoms with Gasteiger partial charge < -0.3 is 19.4 Å². The van der Waals surface area contributed by atoms with Gasteiger partial charge in [0, 0.05) is 43.2 Å². The Labute approximate surface area is 222 Å². The Bertz CT molecular complexity index is 1300. The summed E-state index contributed by atoms with van der Waals surface area (Å²) in [4.78, 5) is 43.4. The second-order valence-corrected chi connectivity index (χ2v) is 10.3. The number of amides is 3. The molecule has 11 heteroatoms. The molecule has 1 aromatic carbocycles. The lowest BCUT2D eigenvalue weighted by Gasteiger charge is -2.44. The fourth-order valence-corrected chi connectivity index (χ4v) is 5.38. The van der Waals surface area contributed by atoms with Gasteiger partial charge in [0.25, 0.3) is 0 Å². The van der Waals surface area contributed by atoms with E-state index in [1.54, 1.807) is 30.6 Å². The molecule has 0 unspecified atom stereocenters. The molecule has 2 saturated heterocycles. The van der Waals surface area contributed by atoms with E-state index >= 15 is 0 Å². The molecule has 2 aliphatic heterocycles. The summed E-state index contributed by atoms with van der Waals surface area (Å²) in [6.07, 6.45) is 6.63. The van der Waals surface area contributed by atoms with Crippen LogP contribution in [0.2, 0.25) is 0 Å². The van der Waals surface area contributed by atoms with Gasteiger partial charge in [-0.25, -0.2) is 14.8 Å². The van der Waals surface area contributed by atoms with Crippen LogP contribution in [0.3, 0.4) is 0 Å². The molecule has 0 saturated carbocycles. The van der Waals surface area contributed by atoms with E-state index in [2.05, 4.69) is 15.2 Å². The normalized spacial score (nSPS) is 17.1. The number of hydrogen-bond donors (Lipinski definition) is 1. The molecule has 2 fully saturated rings. The number of anilines is 1. The quantitative estimate of drug-likeness (QED) is 0.512. The van der Waals surface area contributed by atoms with Crippen molar-refractivity contribution >= 4 is 17.9 Å². The summed E-state index contributed by atoms with van der Waals surface area (Å²) in [5.74, 6) is 1.25. The number of H-pyrrole nitrogens is 1. The molecule has 3 aromatic rings. The minimum Gasteiger partial charge on any atom is -0.497 e. The van der Waals surface area contributed by atoms with Crippen molar-refractivity contribution in [3.8, 4) is 16.9 Å². The number of ether oxygens (including phenoxy) is 1. The van der Waals surface area contributed by atoms with Gasteiger partial charge in [0.15, 0.2) is 0 Å². The second kappa shape index (κ2) is 10.4. The summed E-state index contributed by atoms with van der Waals surface area (Å²) in [5.41, 5.74) is 3.08. The number of carbonyl (C=O) groups is 2. The summed E-state index contributed by atoms with van der Waals surface area (Å²) in [7, 11) is 5.43. The number of likely N-dealkylation sites (N-methyl/N-ethyl adjacent to an activating group) is 1. The zero-order valence-electron chi connectivity index (χ0n) is 22.3. The highest BCUT2D eigenvalue weighted by Gasteiger charge is 2.52. The van der Waals surface area contributed by atoms with Gasteiger partial charge in [0.2, 0.25) is 11.9 Å². The van der Waals surface area contributed by atoms with Crippen molar-refractivity contribution in [2.24, 2.45) is 0 Å². The number of hydrogen-bond acceptors (Lipinski definition) is 7. The van der Waals surface area contributed by atoms with E-state index < -0.39 is 5.54 Å². The molecule has 1 N–H and O–H groups in total. The molecule has 5 rings (SSSR count). The molecule has 2 aromatic heterocycles. The van der Waals surface area contributed by atoms with Crippen molar-refractivity contribution in [1.29, 1.82) is 0 Å². The molecule has 38 heavy (non-hydrogen) atoms. The summed E-state index contributed by atoms with van der Waals surface area (Å²) < 4.78 is 5.41. The minimum atomic E-state index is -0.435. The maximum atomic E-state index is 14.0. The van der Waals surface area contributed by atoms with E-state index in [9.17, 15) is 9.59 Å². The summed E-state index contributed by atoms with van der Waals surface area (Å²) in [5, 5.41) is 6.83. The molecule has 0 atom stereocenters. The van der Waals surface area contributed by atoms with Gasteiger partial charge in [-0.15, -0.1) is 0 Å². The number of rotatable bonds is 7. The average Bonchev–Trinajstić information content (AvgIpc) is 3.52. The zero-order valence-corrected chi connectivity index (χ0v) is 22.3. The van der Waals surface area contributed by atoms with Crippen LogP contribution in [0.25, 0.3) is 11.1 Å². The van der Waals surface area contributed by atoms with Crippen LogP contribution in [0.1, 0.15) is 24.1 Å². The Morgan fingerprint density at radius 2 is 2.00 bits per heavy atom. The number of urea groups is 1. The van der Waals surface area contributed by atoms with Gasteiger partial charge in [-0.1, -0.05) is 12.1 Å². The predicted molar refractivity (Wildman–Crippen MR) is 143 cm³/mol. The highest BCUT2D eigenvalue weighted by Crippen LogP contribution is 2.39. The van der Waals surface area contributed by atoms with Crippen LogP contribution in [0, 0.1) is 6.92 Å². The number of aryl methyl sites for hydroxylation is 1. The number of nitrogens with one attached hydrogen (secondary N) is 1. The van der Waals surface area contributed by atoms with Crippen molar-refractivity contribution in [3.05, 3.63) is 54.1 Å². The standard InChI is InChI=1S/C27H34N8O3/c1-19-23(21-13-29-30-14-21)15-28-25(31-19)34-18-27(8-10-33(11-9-27)24(36)17-32(2)3)35(26(34)37)16-20-6-5-7-22(12-20)38-4/h5-7,12-15H,8-11,16-18H2,1-4H3,(H,29,30). The van der Waals surface area contributed by atoms with Gasteiger partial charge in [-0.2, -0.15) is 5.10 Å². The summed E-state index contributed by atoms with van der Waals surface area (Å²) in [6, 6.07) is 7.66. The van der Waals surface area contributed by atoms with Crippen LogP contribution in [-0.2, 0) is 11.3 Å². The monoisotopic (exact) mass is 518 g/mol. The number of methoxy groups -OCH3 is 1. The number of benzene rings is 1. The van der Waals surface area contributed by atoms with E-state index in [-0.39, 0.29) is 11.9 Å². The molecule has 200 valence electrons. The zero-order chi connectivity index (χ0) is 26.9. The van der Waals surface area contributed by atoms with Crippen LogP contribution in [0.5, 0.6) is 5.75 Å². The fourth-order valence-electron chi connectivity index (χ4n) is 5.38. The van der Waals surface area contributed by atoms with E-state index in [0.717, 1.165) is 28.1 Å². The first-order chi connectivity index (χ1) is 18.3. The third-order valence-corrected chi connectivity index (χ3v) is 7.48. The third-order valence-electron chi connectivity index (χ3n) is 7.48. The first-order valence-corrected chi connectivity index (χ1v) is 12.8. The topological polar surface area (TPSA) is 111 Å². The Kier molecular flexibility index (Phi) is 7.02. The van der Waals surface area contributed by atoms with E-state index in [0.29, 0.717) is 51.5 Å². The van der Waals surface area contributed by atoms with Gasteiger partial charge in [-0.3, -0.25) is 14.8 Å². The lowest BCUT2D eigenvalue weighted by atomic mass is 9.86. The Morgan fingerprint density at radius 1 is 1.21 bits per heavy atom. The molecule has 11 nitrogen and oxygen atoms in total. The molecule has 3 amide bonds. The molecule has 0 radical (unpaired) electrons. The van der Waals surface area contributed by atoms with E-state index in [4.69, 9.17) is 9.72 Å². The number of nitrogens with zero attached hydrogens (tertiary/aromatic N) is 7. The molecule has 0 bridgehead atoms. The molecular weight excluding hydrogens is 484 g/mol. The van der Waals surface area contributed by atoms with Crippen LogP contribution in [-0.4, -0.2) is 99.7 Å². The van der Waals surface area contributed by atoms with Crippen molar-refractivity contribution in [1.82, 2.24) is 34.9 Å².